The van der Waals surface area contributed by atoms with Gasteiger partial charge < -0.3 is 9.84 Å². The molecule has 0 aliphatic heterocycles. The molecule has 2 aromatic rings. The van der Waals surface area contributed by atoms with Crippen LogP contribution in [0.1, 0.15) is 5.56 Å². The third kappa shape index (κ3) is 1.98. The Morgan fingerprint density at radius 2 is 2.00 bits per heavy atom. The molecule has 0 atom stereocenters. The molecule has 1 N–H and O–H groups in total. The first kappa shape index (κ1) is 10.5. The van der Waals surface area contributed by atoms with E-state index in [0.717, 1.165) is 16.7 Å². The molecule has 0 spiro atoms. The molecule has 1 aromatic carbocycles. The van der Waals surface area contributed by atoms with Gasteiger partial charge in [0.2, 0.25) is 5.88 Å². The third-order valence-electron chi connectivity index (χ3n) is 2.47. The summed E-state index contributed by atoms with van der Waals surface area (Å²) in [5, 5.41) is 9.33. The van der Waals surface area contributed by atoms with Crippen LogP contribution in [0.5, 0.6) is 11.6 Å². The molecule has 2 rings (SSSR count). The minimum Gasteiger partial charge on any atom is -0.508 e. The van der Waals surface area contributed by atoms with E-state index in [1.165, 1.54) is 0 Å². The first-order valence-electron chi connectivity index (χ1n) is 5.01. The van der Waals surface area contributed by atoms with Crippen molar-refractivity contribution in [3.8, 4) is 22.8 Å². The van der Waals surface area contributed by atoms with Crippen molar-refractivity contribution in [1.29, 1.82) is 0 Å². The topological polar surface area (TPSA) is 42.4 Å². The lowest BCUT2D eigenvalue weighted by Crippen LogP contribution is -1.88. The Bertz CT molecular complexity index is 492. The van der Waals surface area contributed by atoms with Gasteiger partial charge in [-0.25, -0.2) is 4.98 Å². The Morgan fingerprint density at radius 3 is 2.56 bits per heavy atom. The van der Waals surface area contributed by atoms with Gasteiger partial charge in [-0.3, -0.25) is 0 Å². The predicted octanol–water partition coefficient (Wildman–Crippen LogP) is 2.77. The molecule has 0 saturated heterocycles. The quantitative estimate of drug-likeness (QED) is 0.837. The molecule has 0 aliphatic rings. The average Bonchev–Trinajstić information content (AvgIpc) is 2.29. The predicted molar refractivity (Wildman–Crippen MR) is 62.6 cm³/mol. The maximum Gasteiger partial charge on any atom is 0.212 e. The Kier molecular flexibility index (Phi) is 2.77. The molecule has 1 aromatic heterocycles. The average molecular weight is 215 g/mol. The number of benzene rings is 1. The smallest absolute Gasteiger partial charge is 0.212 e. The zero-order valence-electron chi connectivity index (χ0n) is 9.27. The Morgan fingerprint density at radius 1 is 1.19 bits per heavy atom. The van der Waals surface area contributed by atoms with Crippen LogP contribution in [0.2, 0.25) is 0 Å². The molecule has 0 bridgehead atoms. The first-order valence-corrected chi connectivity index (χ1v) is 5.01. The van der Waals surface area contributed by atoms with E-state index in [-0.39, 0.29) is 5.75 Å². The van der Waals surface area contributed by atoms with Crippen LogP contribution >= 0.6 is 0 Å². The lowest BCUT2D eigenvalue weighted by molar-refractivity contribution is 0.398. The number of hydrogen-bond donors (Lipinski definition) is 1. The Balaban J connectivity index is 2.42. The zero-order chi connectivity index (χ0) is 11.5. The fourth-order valence-electron chi connectivity index (χ4n) is 1.63. The van der Waals surface area contributed by atoms with Gasteiger partial charge in [0.25, 0.3) is 0 Å². The molecule has 0 radical (unpaired) electrons. The van der Waals surface area contributed by atoms with E-state index in [1.807, 2.05) is 25.1 Å². The summed E-state index contributed by atoms with van der Waals surface area (Å²) in [7, 11) is 1.59. The van der Waals surface area contributed by atoms with Crippen molar-refractivity contribution in [2.24, 2.45) is 0 Å². The van der Waals surface area contributed by atoms with Crippen LogP contribution in [0.4, 0.5) is 0 Å². The highest BCUT2D eigenvalue weighted by Crippen LogP contribution is 2.26. The molecule has 3 heteroatoms. The SMILES string of the molecule is COc1ccc(-c2ccc(O)cc2C)cn1. The molecule has 3 nitrogen and oxygen atoms in total. The second-order valence-electron chi connectivity index (χ2n) is 3.59. The van der Waals surface area contributed by atoms with Crippen LogP contribution in [-0.4, -0.2) is 17.2 Å². The van der Waals surface area contributed by atoms with Crippen LogP contribution in [0.3, 0.4) is 0 Å². The number of phenolic OH excluding ortho intramolecular Hbond substituents is 1. The lowest BCUT2D eigenvalue weighted by Gasteiger charge is -2.06. The molecule has 0 unspecified atom stereocenters. The summed E-state index contributed by atoms with van der Waals surface area (Å²) in [5.41, 5.74) is 3.10. The largest absolute Gasteiger partial charge is 0.508 e. The van der Waals surface area contributed by atoms with Gasteiger partial charge >= 0.3 is 0 Å². The number of aryl methyl sites for hydroxylation is 1. The second-order valence-corrected chi connectivity index (χ2v) is 3.59. The van der Waals surface area contributed by atoms with E-state index >= 15 is 0 Å². The number of nitrogens with zero attached hydrogens (tertiary/aromatic N) is 1. The molecule has 1 heterocycles. The highest BCUT2D eigenvalue weighted by atomic mass is 16.5. The van der Waals surface area contributed by atoms with Crippen molar-refractivity contribution in [2.75, 3.05) is 7.11 Å². The number of aromatic hydroxyl groups is 1. The van der Waals surface area contributed by atoms with Gasteiger partial charge in [0.05, 0.1) is 7.11 Å². The minimum absolute atomic E-state index is 0.280. The van der Waals surface area contributed by atoms with Gasteiger partial charge in [0, 0.05) is 17.8 Å². The molecule has 0 amide bonds. The second kappa shape index (κ2) is 4.23. The molecular formula is C13H13NO2. The maximum atomic E-state index is 9.33. The Hall–Kier alpha value is -2.03. The van der Waals surface area contributed by atoms with Crippen molar-refractivity contribution in [3.05, 3.63) is 42.1 Å². The molecule has 16 heavy (non-hydrogen) atoms. The summed E-state index contributed by atoms with van der Waals surface area (Å²) >= 11 is 0. The van der Waals surface area contributed by atoms with Crippen LogP contribution in [0, 0.1) is 6.92 Å². The summed E-state index contributed by atoms with van der Waals surface area (Å²) in [6.07, 6.45) is 1.76. The lowest BCUT2D eigenvalue weighted by atomic mass is 10.0. The summed E-state index contributed by atoms with van der Waals surface area (Å²) in [4.78, 5) is 4.15. The first-order chi connectivity index (χ1) is 7.70. The molecular weight excluding hydrogens is 202 g/mol. The molecule has 0 aliphatic carbocycles. The van der Waals surface area contributed by atoms with Gasteiger partial charge in [-0.05, 0) is 36.2 Å². The summed E-state index contributed by atoms with van der Waals surface area (Å²) in [6, 6.07) is 9.06. The highest BCUT2D eigenvalue weighted by Gasteiger charge is 2.03. The number of pyridine rings is 1. The van der Waals surface area contributed by atoms with Crippen LogP contribution < -0.4 is 4.74 Å². The maximum absolute atomic E-state index is 9.33. The number of aromatic nitrogens is 1. The number of phenols is 1. The fourth-order valence-corrected chi connectivity index (χ4v) is 1.63. The van der Waals surface area contributed by atoms with Crippen LogP contribution in [-0.2, 0) is 0 Å². The van der Waals surface area contributed by atoms with Crippen LogP contribution in [0.15, 0.2) is 36.5 Å². The molecule has 0 saturated carbocycles. The van der Waals surface area contributed by atoms with Crippen molar-refractivity contribution < 1.29 is 9.84 Å². The number of ether oxygens (including phenoxy) is 1. The van der Waals surface area contributed by atoms with Crippen molar-refractivity contribution >= 4 is 0 Å². The van der Waals surface area contributed by atoms with Gasteiger partial charge in [-0.2, -0.15) is 0 Å². The number of hydrogen-bond acceptors (Lipinski definition) is 3. The molecule has 0 fully saturated rings. The highest BCUT2D eigenvalue weighted by molar-refractivity contribution is 5.67. The van der Waals surface area contributed by atoms with E-state index in [1.54, 1.807) is 25.4 Å². The van der Waals surface area contributed by atoms with Gasteiger partial charge in [-0.1, -0.05) is 6.07 Å². The number of rotatable bonds is 2. The van der Waals surface area contributed by atoms with Gasteiger partial charge in [-0.15, -0.1) is 0 Å². The van der Waals surface area contributed by atoms with Crippen molar-refractivity contribution in [2.45, 2.75) is 6.92 Å². The third-order valence-corrected chi connectivity index (χ3v) is 2.47. The van der Waals surface area contributed by atoms with Crippen molar-refractivity contribution in [3.63, 3.8) is 0 Å². The zero-order valence-corrected chi connectivity index (χ0v) is 9.27. The normalized spacial score (nSPS) is 10.1. The standard InChI is InChI=1S/C13H13NO2/c1-9-7-11(15)4-5-12(9)10-3-6-13(16-2)14-8-10/h3-8,15H,1-2H3. The number of methoxy groups -OCH3 is 1. The monoisotopic (exact) mass is 215 g/mol. The van der Waals surface area contributed by atoms with Gasteiger partial charge in [0.15, 0.2) is 0 Å². The van der Waals surface area contributed by atoms with E-state index in [9.17, 15) is 5.11 Å². The summed E-state index contributed by atoms with van der Waals surface area (Å²) in [5.74, 6) is 0.878. The van der Waals surface area contributed by atoms with E-state index in [4.69, 9.17) is 4.74 Å². The van der Waals surface area contributed by atoms with Crippen molar-refractivity contribution in [1.82, 2.24) is 4.98 Å². The fraction of sp³-hybridized carbons (Fsp3) is 0.154. The van der Waals surface area contributed by atoms with Crippen LogP contribution in [0.25, 0.3) is 11.1 Å². The Labute approximate surface area is 94.3 Å². The van der Waals surface area contributed by atoms with E-state index < -0.39 is 0 Å². The van der Waals surface area contributed by atoms with E-state index in [0.29, 0.717) is 5.88 Å². The summed E-state index contributed by atoms with van der Waals surface area (Å²) in [6.45, 7) is 1.96. The van der Waals surface area contributed by atoms with E-state index in [2.05, 4.69) is 4.98 Å². The minimum atomic E-state index is 0.280. The van der Waals surface area contributed by atoms with Gasteiger partial charge in [0.1, 0.15) is 5.75 Å². The summed E-state index contributed by atoms with van der Waals surface area (Å²) < 4.78 is 5.00. The molecule has 82 valence electrons.